The molecule has 0 aliphatic heterocycles. The molecule has 0 aliphatic rings. The molecular weight excluding hydrogens is 580 g/mol. The van der Waals surface area contributed by atoms with Crippen molar-refractivity contribution in [1.29, 1.82) is 0 Å². The van der Waals surface area contributed by atoms with Gasteiger partial charge in [-0.3, -0.25) is 24.0 Å². The summed E-state index contributed by atoms with van der Waals surface area (Å²) < 4.78 is 5.73. The Labute approximate surface area is 266 Å². The lowest BCUT2D eigenvalue weighted by Gasteiger charge is -2.31. The molecule has 0 unspecified atom stereocenters. The molecular formula is C32H52N6O7. The average molecular weight is 633 g/mol. The van der Waals surface area contributed by atoms with Gasteiger partial charge in [0.2, 0.25) is 23.6 Å². The molecule has 0 aliphatic carbocycles. The first-order valence-corrected chi connectivity index (χ1v) is 15.3. The van der Waals surface area contributed by atoms with Crippen LogP contribution in [-0.4, -0.2) is 71.8 Å². The van der Waals surface area contributed by atoms with Crippen LogP contribution in [0.15, 0.2) is 30.3 Å². The van der Waals surface area contributed by atoms with Crippen molar-refractivity contribution in [3.05, 3.63) is 35.9 Å². The molecule has 1 aromatic carbocycles. The fraction of sp³-hybridized carbons (Fsp3) is 0.625. The number of carbonyl (C=O) groups excluding carboxylic acids is 6. The molecule has 6 atom stereocenters. The zero-order chi connectivity index (χ0) is 34.6. The van der Waals surface area contributed by atoms with E-state index in [9.17, 15) is 28.8 Å². The summed E-state index contributed by atoms with van der Waals surface area (Å²) in [7, 11) is 0. The third-order valence-electron chi connectivity index (χ3n) is 7.25. The molecule has 0 radical (unpaired) electrons. The summed E-state index contributed by atoms with van der Waals surface area (Å²) in [5, 5.41) is 10.5. The van der Waals surface area contributed by atoms with E-state index in [-0.39, 0.29) is 18.3 Å². The van der Waals surface area contributed by atoms with Gasteiger partial charge in [0.25, 0.3) is 5.91 Å². The number of hydrogen-bond acceptors (Lipinski definition) is 8. The highest BCUT2D eigenvalue weighted by molar-refractivity contribution is 5.94. The van der Waals surface area contributed by atoms with E-state index in [0.29, 0.717) is 0 Å². The Morgan fingerprint density at radius 1 is 0.644 bits per heavy atom. The second-order valence-electron chi connectivity index (χ2n) is 12.7. The average Bonchev–Trinajstić information content (AvgIpc) is 2.93. The largest absolute Gasteiger partial charge is 0.449 e. The summed E-state index contributed by atoms with van der Waals surface area (Å²) in [6, 6.07) is 3.84. The number of esters is 1. The minimum Gasteiger partial charge on any atom is -0.449 e. The number of primary amides is 1. The maximum Gasteiger partial charge on any atom is 0.329 e. The normalized spacial score (nSPS) is 15.4. The van der Waals surface area contributed by atoms with Crippen LogP contribution < -0.4 is 32.7 Å². The first-order chi connectivity index (χ1) is 20.9. The standard InChI is InChI=1S/C32H52N6O7/c1-16(2)23(28(34)40)36-30(42)25(18(5)6)37-31(43)27(22(33)15-21-13-11-10-12-14-21)45-32(44)26(19(7)8)38-29(41)24(17(3)4)35-20(9)39/h10-14,16-19,22-27H,15,33H2,1-9H3,(H2,34,40)(H,35,39)(H,36,42)(H,37,43)(H,38,41)/t22-,23-,24-,25-,26-,27+/m0/s1. The summed E-state index contributed by atoms with van der Waals surface area (Å²) >= 11 is 0. The van der Waals surface area contributed by atoms with Crippen LogP contribution in [0.4, 0.5) is 0 Å². The molecule has 13 heteroatoms. The van der Waals surface area contributed by atoms with Gasteiger partial charge in [-0.25, -0.2) is 4.79 Å². The topological polar surface area (TPSA) is 212 Å². The lowest BCUT2D eigenvalue weighted by molar-refractivity contribution is -0.161. The summed E-state index contributed by atoms with van der Waals surface area (Å²) in [6.45, 7) is 15.0. The number of carbonyl (C=O) groups is 6. The quantitative estimate of drug-likeness (QED) is 0.133. The molecule has 0 saturated heterocycles. The van der Waals surface area contributed by atoms with Crippen molar-refractivity contribution in [2.45, 2.75) is 105 Å². The molecule has 0 fully saturated rings. The Morgan fingerprint density at radius 3 is 1.49 bits per heavy atom. The van der Waals surface area contributed by atoms with Crippen molar-refractivity contribution in [3.63, 3.8) is 0 Å². The molecule has 8 N–H and O–H groups in total. The maximum atomic E-state index is 13.7. The first-order valence-electron chi connectivity index (χ1n) is 15.3. The van der Waals surface area contributed by atoms with Gasteiger partial charge in [-0.1, -0.05) is 85.7 Å². The Kier molecular flexibility index (Phi) is 15.7. The Hall–Kier alpha value is -4.00. The number of rotatable bonds is 17. The predicted molar refractivity (Wildman–Crippen MR) is 170 cm³/mol. The van der Waals surface area contributed by atoms with E-state index < -0.39 is 83.7 Å². The third-order valence-corrected chi connectivity index (χ3v) is 7.25. The maximum absolute atomic E-state index is 13.7. The van der Waals surface area contributed by atoms with Crippen molar-refractivity contribution >= 4 is 35.5 Å². The third kappa shape index (κ3) is 12.5. The van der Waals surface area contributed by atoms with Crippen LogP contribution in [0, 0.1) is 23.7 Å². The fourth-order valence-electron chi connectivity index (χ4n) is 4.60. The van der Waals surface area contributed by atoms with E-state index in [2.05, 4.69) is 21.3 Å². The molecule has 0 spiro atoms. The van der Waals surface area contributed by atoms with Crippen LogP contribution in [0.25, 0.3) is 0 Å². The van der Waals surface area contributed by atoms with Gasteiger partial charge in [0, 0.05) is 6.92 Å². The van der Waals surface area contributed by atoms with Crippen LogP contribution >= 0.6 is 0 Å². The van der Waals surface area contributed by atoms with E-state index in [0.717, 1.165) is 5.56 Å². The minimum absolute atomic E-state index is 0.151. The summed E-state index contributed by atoms with van der Waals surface area (Å²) in [5.74, 6) is -5.55. The molecule has 0 heterocycles. The van der Waals surface area contributed by atoms with E-state index in [4.69, 9.17) is 16.2 Å². The SMILES string of the molecule is CC(=O)N[C@H](C(=O)N[C@H](C(=O)O[C@@H](C(=O)N[C@H](C(=O)N[C@H](C(N)=O)C(C)C)C(C)C)[C@@H](N)Cc1ccccc1)C(C)C)C(C)C. The van der Waals surface area contributed by atoms with Gasteiger partial charge in [0.05, 0.1) is 6.04 Å². The number of nitrogens with one attached hydrogen (secondary N) is 4. The van der Waals surface area contributed by atoms with Crippen LogP contribution in [0.2, 0.25) is 0 Å². The first kappa shape index (κ1) is 39.0. The van der Waals surface area contributed by atoms with Crippen molar-refractivity contribution in [3.8, 4) is 0 Å². The molecule has 1 rings (SSSR count). The Morgan fingerprint density at radius 2 is 1.07 bits per heavy atom. The number of amides is 5. The van der Waals surface area contributed by atoms with Gasteiger partial charge in [-0.05, 0) is 35.7 Å². The molecule has 252 valence electrons. The summed E-state index contributed by atoms with van der Waals surface area (Å²) in [5.41, 5.74) is 12.7. The second kappa shape index (κ2) is 18.1. The second-order valence-corrected chi connectivity index (χ2v) is 12.7. The van der Waals surface area contributed by atoms with Gasteiger partial charge < -0.3 is 37.5 Å². The minimum atomic E-state index is -1.56. The summed E-state index contributed by atoms with van der Waals surface area (Å²) in [6.07, 6.45) is -1.41. The lowest BCUT2D eigenvalue weighted by atomic mass is 9.97. The highest BCUT2D eigenvalue weighted by Gasteiger charge is 2.38. The molecule has 13 nitrogen and oxygen atoms in total. The van der Waals surface area contributed by atoms with Gasteiger partial charge >= 0.3 is 5.97 Å². The molecule has 0 bridgehead atoms. The summed E-state index contributed by atoms with van der Waals surface area (Å²) in [4.78, 5) is 77.2. The highest BCUT2D eigenvalue weighted by Crippen LogP contribution is 2.14. The highest BCUT2D eigenvalue weighted by atomic mass is 16.6. The van der Waals surface area contributed by atoms with Crippen molar-refractivity contribution < 1.29 is 33.5 Å². The van der Waals surface area contributed by atoms with Gasteiger partial charge in [0.1, 0.15) is 24.2 Å². The fourth-order valence-corrected chi connectivity index (χ4v) is 4.60. The molecule has 45 heavy (non-hydrogen) atoms. The van der Waals surface area contributed by atoms with E-state index in [1.807, 2.05) is 18.2 Å². The van der Waals surface area contributed by atoms with Crippen LogP contribution in [0.5, 0.6) is 0 Å². The van der Waals surface area contributed by atoms with E-state index >= 15 is 0 Å². The number of ether oxygens (including phenoxy) is 1. The number of nitrogens with two attached hydrogens (primary N) is 2. The van der Waals surface area contributed by atoms with Crippen molar-refractivity contribution in [2.24, 2.45) is 35.1 Å². The zero-order valence-electron chi connectivity index (χ0n) is 27.9. The predicted octanol–water partition coefficient (Wildman–Crippen LogP) is 0.537. The van der Waals surface area contributed by atoms with Gasteiger partial charge in [-0.15, -0.1) is 0 Å². The van der Waals surface area contributed by atoms with Crippen LogP contribution in [0.1, 0.15) is 67.9 Å². The van der Waals surface area contributed by atoms with Crippen molar-refractivity contribution in [2.75, 3.05) is 0 Å². The van der Waals surface area contributed by atoms with E-state index in [1.54, 1.807) is 67.5 Å². The Balaban J connectivity index is 3.35. The van der Waals surface area contributed by atoms with Crippen molar-refractivity contribution in [1.82, 2.24) is 21.3 Å². The van der Waals surface area contributed by atoms with Gasteiger partial charge in [0.15, 0.2) is 6.10 Å². The monoisotopic (exact) mass is 632 g/mol. The van der Waals surface area contributed by atoms with E-state index in [1.165, 1.54) is 6.92 Å². The number of hydrogen-bond donors (Lipinski definition) is 6. The molecule has 5 amide bonds. The van der Waals surface area contributed by atoms with Crippen LogP contribution in [0.3, 0.4) is 0 Å². The smallest absolute Gasteiger partial charge is 0.329 e. The zero-order valence-corrected chi connectivity index (χ0v) is 27.9. The number of benzene rings is 1. The Bertz CT molecular complexity index is 1170. The molecule has 1 aromatic rings. The molecule has 0 aromatic heterocycles. The van der Waals surface area contributed by atoms with Gasteiger partial charge in [-0.2, -0.15) is 0 Å². The molecule has 0 saturated carbocycles. The van der Waals surface area contributed by atoms with Crippen LogP contribution in [-0.2, 0) is 39.9 Å². The lowest BCUT2D eigenvalue weighted by Crippen LogP contribution is -2.60.